The van der Waals surface area contributed by atoms with E-state index in [9.17, 15) is 9.59 Å². The quantitative estimate of drug-likeness (QED) is 0.598. The summed E-state index contributed by atoms with van der Waals surface area (Å²) >= 11 is 0. The Kier molecular flexibility index (Phi) is 2.19. The van der Waals surface area contributed by atoms with Crippen molar-refractivity contribution in [3.63, 3.8) is 0 Å². The number of esters is 1. The van der Waals surface area contributed by atoms with Crippen LogP contribution in [0.15, 0.2) is 24.3 Å². The van der Waals surface area contributed by atoms with Crippen molar-refractivity contribution in [3.05, 3.63) is 29.8 Å². The first-order valence-electron chi connectivity index (χ1n) is 4.69. The summed E-state index contributed by atoms with van der Waals surface area (Å²) in [6, 6.07) is 6.91. The van der Waals surface area contributed by atoms with Gasteiger partial charge >= 0.3 is 5.97 Å². The van der Waals surface area contributed by atoms with E-state index in [1.807, 2.05) is 0 Å². The lowest BCUT2D eigenvalue weighted by Crippen LogP contribution is -2.34. The predicted molar refractivity (Wildman–Crippen MR) is 54.7 cm³/mol. The first-order valence-corrected chi connectivity index (χ1v) is 4.69. The minimum absolute atomic E-state index is 0.215. The highest BCUT2D eigenvalue weighted by molar-refractivity contribution is 6.07. The number of rotatable bonds is 0. The van der Waals surface area contributed by atoms with Gasteiger partial charge in [0, 0.05) is 7.05 Å². The van der Waals surface area contributed by atoms with Gasteiger partial charge in [0.2, 0.25) is 0 Å². The second kappa shape index (κ2) is 3.38. The summed E-state index contributed by atoms with van der Waals surface area (Å²) < 4.78 is 4.99. The number of nitrogens with zero attached hydrogens (tertiary/aromatic N) is 1. The van der Waals surface area contributed by atoms with Gasteiger partial charge in [0.25, 0.3) is 5.91 Å². The molecular weight excluding hydrogens is 194 g/mol. The smallest absolute Gasteiger partial charge is 0.341 e. The molecule has 1 amide bonds. The van der Waals surface area contributed by atoms with Crippen LogP contribution in [-0.2, 0) is 9.53 Å². The zero-order chi connectivity index (χ0) is 11.0. The zero-order valence-corrected chi connectivity index (χ0v) is 8.56. The number of para-hydroxylation sites is 1. The summed E-state index contributed by atoms with van der Waals surface area (Å²) in [5.41, 5.74) is 1.02. The highest BCUT2D eigenvalue weighted by atomic mass is 16.5. The van der Waals surface area contributed by atoms with Gasteiger partial charge < -0.3 is 9.64 Å². The van der Waals surface area contributed by atoms with Crippen molar-refractivity contribution in [1.29, 1.82) is 0 Å². The molecule has 15 heavy (non-hydrogen) atoms. The minimum atomic E-state index is -0.727. The van der Waals surface area contributed by atoms with Gasteiger partial charge in [-0.3, -0.25) is 4.79 Å². The molecule has 0 aromatic heterocycles. The van der Waals surface area contributed by atoms with Gasteiger partial charge in [-0.2, -0.15) is 0 Å². The van der Waals surface area contributed by atoms with Crippen LogP contribution in [0.5, 0.6) is 0 Å². The van der Waals surface area contributed by atoms with E-state index in [4.69, 9.17) is 4.74 Å². The van der Waals surface area contributed by atoms with Crippen molar-refractivity contribution >= 4 is 17.6 Å². The maximum absolute atomic E-state index is 11.7. The van der Waals surface area contributed by atoms with Crippen LogP contribution < -0.4 is 4.90 Å². The van der Waals surface area contributed by atoms with Crippen molar-refractivity contribution < 1.29 is 14.3 Å². The molecule has 0 unspecified atom stereocenters. The maximum Gasteiger partial charge on any atom is 0.341 e. The molecule has 0 aliphatic carbocycles. The molecule has 4 heteroatoms. The first-order chi connectivity index (χ1) is 7.11. The molecule has 1 aromatic rings. The number of amides is 1. The van der Waals surface area contributed by atoms with Crippen molar-refractivity contribution in [1.82, 2.24) is 0 Å². The van der Waals surface area contributed by atoms with Crippen LogP contribution in [0.2, 0.25) is 0 Å². The predicted octanol–water partition coefficient (Wildman–Crippen LogP) is 1.21. The third-order valence-corrected chi connectivity index (χ3v) is 2.45. The van der Waals surface area contributed by atoms with Gasteiger partial charge in [0.1, 0.15) is 0 Å². The number of hydrogen-bond donors (Lipinski definition) is 0. The number of cyclic esters (lactones) is 1. The summed E-state index contributed by atoms with van der Waals surface area (Å²) in [5.74, 6) is -0.663. The average Bonchev–Trinajstić information content (AvgIpc) is 2.33. The molecule has 1 atom stereocenters. The summed E-state index contributed by atoms with van der Waals surface area (Å²) in [6.07, 6.45) is -0.727. The number of carbonyl (C=O) groups excluding carboxylic acids is 2. The van der Waals surface area contributed by atoms with E-state index in [-0.39, 0.29) is 5.91 Å². The molecule has 0 bridgehead atoms. The average molecular weight is 205 g/mol. The van der Waals surface area contributed by atoms with E-state index in [2.05, 4.69) is 0 Å². The van der Waals surface area contributed by atoms with Crippen LogP contribution in [0.4, 0.5) is 5.69 Å². The fraction of sp³-hybridized carbons (Fsp3) is 0.273. The Morgan fingerprint density at radius 1 is 1.27 bits per heavy atom. The van der Waals surface area contributed by atoms with Crippen LogP contribution in [0, 0.1) is 0 Å². The van der Waals surface area contributed by atoms with Gasteiger partial charge in [0.05, 0.1) is 11.3 Å². The van der Waals surface area contributed by atoms with Gasteiger partial charge in [-0.15, -0.1) is 0 Å². The molecule has 0 saturated carbocycles. The molecule has 1 aliphatic heterocycles. The molecule has 0 spiro atoms. The Morgan fingerprint density at radius 3 is 2.67 bits per heavy atom. The van der Waals surface area contributed by atoms with Crippen LogP contribution in [0.25, 0.3) is 0 Å². The Hall–Kier alpha value is -1.84. The van der Waals surface area contributed by atoms with Crippen molar-refractivity contribution in [2.24, 2.45) is 0 Å². The van der Waals surface area contributed by atoms with Gasteiger partial charge in [0.15, 0.2) is 6.10 Å². The highest BCUT2D eigenvalue weighted by Gasteiger charge is 2.30. The number of anilines is 1. The number of carbonyl (C=O) groups is 2. The lowest BCUT2D eigenvalue weighted by molar-refractivity contribution is -0.125. The normalized spacial score (nSPS) is 20.7. The number of ether oxygens (including phenoxy) is 1. The second-order valence-electron chi connectivity index (χ2n) is 3.46. The first kappa shape index (κ1) is 9.71. The molecule has 1 aliphatic rings. The van der Waals surface area contributed by atoms with Gasteiger partial charge in [-0.1, -0.05) is 12.1 Å². The molecule has 2 rings (SSSR count). The SMILES string of the molecule is C[C@H]1OC(=O)c2ccccc2N(C)C1=O. The standard InChI is InChI=1S/C11H11NO3/c1-7-10(13)12(2)9-6-4-3-5-8(9)11(14)15-7/h3-7H,1-2H3/t7-/m1/s1. The van der Waals surface area contributed by atoms with Crippen LogP contribution in [-0.4, -0.2) is 25.0 Å². The summed E-state index contributed by atoms with van der Waals surface area (Å²) in [4.78, 5) is 24.8. The molecule has 0 fully saturated rings. The topological polar surface area (TPSA) is 46.6 Å². The minimum Gasteiger partial charge on any atom is -0.449 e. The summed E-state index contributed by atoms with van der Waals surface area (Å²) in [7, 11) is 1.64. The fourth-order valence-corrected chi connectivity index (χ4v) is 1.60. The van der Waals surface area contributed by atoms with Crippen molar-refractivity contribution in [2.75, 3.05) is 11.9 Å². The number of fused-ring (bicyclic) bond motifs is 1. The third-order valence-electron chi connectivity index (χ3n) is 2.45. The monoisotopic (exact) mass is 205 g/mol. The second-order valence-corrected chi connectivity index (χ2v) is 3.46. The fourth-order valence-electron chi connectivity index (χ4n) is 1.60. The lowest BCUT2D eigenvalue weighted by Gasteiger charge is -2.17. The number of likely N-dealkylation sites (N-methyl/N-ethyl adjacent to an activating group) is 1. The zero-order valence-electron chi connectivity index (χ0n) is 8.56. The van der Waals surface area contributed by atoms with Crippen LogP contribution in [0.3, 0.4) is 0 Å². The molecule has 1 heterocycles. The largest absolute Gasteiger partial charge is 0.449 e. The molecule has 0 radical (unpaired) electrons. The molecule has 4 nitrogen and oxygen atoms in total. The molecule has 1 aromatic carbocycles. The Morgan fingerprint density at radius 2 is 1.93 bits per heavy atom. The summed E-state index contributed by atoms with van der Waals surface area (Å²) in [5, 5.41) is 0. The Balaban J connectivity index is 2.57. The van der Waals surface area contributed by atoms with Crippen molar-refractivity contribution in [3.8, 4) is 0 Å². The molecule has 78 valence electrons. The lowest BCUT2D eigenvalue weighted by atomic mass is 10.1. The molecular formula is C11H11NO3. The van der Waals surface area contributed by atoms with Crippen molar-refractivity contribution in [2.45, 2.75) is 13.0 Å². The Labute approximate surface area is 87.4 Å². The van der Waals surface area contributed by atoms with E-state index in [1.54, 1.807) is 38.2 Å². The molecule has 0 N–H and O–H groups in total. The summed E-state index contributed by atoms with van der Waals surface area (Å²) in [6.45, 7) is 1.57. The van der Waals surface area contributed by atoms with E-state index >= 15 is 0 Å². The van der Waals surface area contributed by atoms with E-state index in [0.29, 0.717) is 11.3 Å². The number of hydrogen-bond acceptors (Lipinski definition) is 3. The molecule has 0 saturated heterocycles. The van der Waals surface area contributed by atoms with Crippen LogP contribution >= 0.6 is 0 Å². The Bertz CT molecular complexity index is 428. The van der Waals surface area contributed by atoms with Gasteiger partial charge in [-0.05, 0) is 19.1 Å². The third kappa shape index (κ3) is 1.48. The van der Waals surface area contributed by atoms with E-state index in [0.717, 1.165) is 0 Å². The number of benzene rings is 1. The van der Waals surface area contributed by atoms with Gasteiger partial charge in [-0.25, -0.2) is 4.79 Å². The van der Waals surface area contributed by atoms with E-state index < -0.39 is 12.1 Å². The van der Waals surface area contributed by atoms with Crippen LogP contribution in [0.1, 0.15) is 17.3 Å². The maximum atomic E-state index is 11.7. The highest BCUT2D eigenvalue weighted by Crippen LogP contribution is 2.24. The van der Waals surface area contributed by atoms with E-state index in [1.165, 1.54) is 4.90 Å².